The van der Waals surface area contributed by atoms with Gasteiger partial charge in [0.25, 0.3) is 5.56 Å². The van der Waals surface area contributed by atoms with Crippen molar-refractivity contribution in [2.45, 2.75) is 32.1 Å². The minimum atomic E-state index is 0.0464. The summed E-state index contributed by atoms with van der Waals surface area (Å²) in [5, 5.41) is 0. The molecular weight excluding hydrogens is 230 g/mol. The predicted molar refractivity (Wildman–Crippen MR) is 56.1 cm³/mol. The lowest BCUT2D eigenvalue weighted by atomic mass is 9.79. The Hall–Kier alpha value is -0.570. The molecule has 0 atom stereocenters. The van der Waals surface area contributed by atoms with Crippen molar-refractivity contribution in [3.63, 3.8) is 0 Å². The molecule has 2 nitrogen and oxygen atoms in total. The van der Waals surface area contributed by atoms with Crippen molar-refractivity contribution in [1.29, 1.82) is 0 Å². The van der Waals surface area contributed by atoms with Crippen LogP contribution in [0.2, 0.25) is 0 Å². The molecule has 1 aromatic rings. The van der Waals surface area contributed by atoms with Crippen LogP contribution in [0.25, 0.3) is 0 Å². The van der Waals surface area contributed by atoms with Crippen LogP contribution in [0.3, 0.4) is 0 Å². The predicted octanol–water partition coefficient (Wildman–Crippen LogP) is 2.71. The van der Waals surface area contributed by atoms with Gasteiger partial charge < -0.3 is 4.98 Å². The first-order valence-corrected chi connectivity index (χ1v) is 5.37. The van der Waals surface area contributed by atoms with Gasteiger partial charge in [-0.1, -0.05) is 6.42 Å². The first-order chi connectivity index (χ1) is 6.20. The Bertz CT molecular complexity index is 379. The molecule has 1 fully saturated rings. The second-order valence-electron chi connectivity index (χ2n) is 3.63. The molecule has 0 aliphatic heterocycles. The summed E-state index contributed by atoms with van der Waals surface area (Å²) in [5.74, 6) is 0.608. The molecule has 0 radical (unpaired) electrons. The van der Waals surface area contributed by atoms with Crippen LogP contribution in [0.4, 0.5) is 0 Å². The summed E-state index contributed by atoms with van der Waals surface area (Å²) < 4.78 is 1.05. The van der Waals surface area contributed by atoms with E-state index in [4.69, 9.17) is 0 Å². The fourth-order valence-electron chi connectivity index (χ4n) is 1.81. The molecule has 0 unspecified atom stereocenters. The lowest BCUT2D eigenvalue weighted by Crippen LogP contribution is -2.18. The van der Waals surface area contributed by atoms with E-state index in [2.05, 4.69) is 20.9 Å². The second kappa shape index (κ2) is 3.29. The Balaban J connectivity index is 2.52. The number of nitrogens with one attached hydrogen (secondary N) is 1. The molecule has 3 heteroatoms. The summed E-state index contributed by atoms with van der Waals surface area (Å²) in [5.41, 5.74) is 2.14. The summed E-state index contributed by atoms with van der Waals surface area (Å²) in [7, 11) is 0. The highest BCUT2D eigenvalue weighted by Crippen LogP contribution is 2.40. The van der Waals surface area contributed by atoms with Gasteiger partial charge in [-0.05, 0) is 47.2 Å². The van der Waals surface area contributed by atoms with E-state index in [1.807, 2.05) is 6.92 Å². The highest BCUT2D eigenvalue weighted by Gasteiger charge is 2.24. The highest BCUT2D eigenvalue weighted by atomic mass is 79.9. The third kappa shape index (κ3) is 1.46. The maximum absolute atomic E-state index is 11.4. The molecule has 1 saturated carbocycles. The van der Waals surface area contributed by atoms with Crippen LogP contribution < -0.4 is 5.56 Å². The maximum atomic E-state index is 11.4. The first-order valence-electron chi connectivity index (χ1n) is 4.58. The van der Waals surface area contributed by atoms with Gasteiger partial charge in [-0.25, -0.2) is 0 Å². The fraction of sp³-hybridized carbons (Fsp3) is 0.500. The number of pyridine rings is 1. The quantitative estimate of drug-likeness (QED) is 0.806. The summed E-state index contributed by atoms with van der Waals surface area (Å²) in [6.45, 7) is 1.90. The molecule has 70 valence electrons. The van der Waals surface area contributed by atoms with Crippen molar-refractivity contribution in [1.82, 2.24) is 4.98 Å². The number of hydrogen-bond acceptors (Lipinski definition) is 1. The summed E-state index contributed by atoms with van der Waals surface area (Å²) >= 11 is 3.49. The molecule has 0 spiro atoms. The molecule has 0 saturated heterocycles. The molecular formula is C10H12BrNO. The Morgan fingerprint density at radius 2 is 2.23 bits per heavy atom. The topological polar surface area (TPSA) is 32.9 Å². The third-order valence-electron chi connectivity index (χ3n) is 2.85. The molecule has 1 heterocycles. The average molecular weight is 242 g/mol. The van der Waals surface area contributed by atoms with Crippen LogP contribution in [-0.2, 0) is 0 Å². The third-order valence-corrected chi connectivity index (χ3v) is 3.50. The number of hydrogen-bond donors (Lipinski definition) is 1. The SMILES string of the molecule is Cc1c(C2CCC2)c(Br)c[nH]c1=O. The molecule has 0 aromatic carbocycles. The molecule has 1 aromatic heterocycles. The first kappa shape index (κ1) is 9.00. The van der Waals surface area contributed by atoms with E-state index in [9.17, 15) is 4.79 Å². The fourth-order valence-corrected chi connectivity index (χ4v) is 2.55. The molecule has 1 N–H and O–H groups in total. The zero-order chi connectivity index (χ0) is 9.42. The Kier molecular flexibility index (Phi) is 2.28. The lowest BCUT2D eigenvalue weighted by Gasteiger charge is -2.27. The van der Waals surface area contributed by atoms with Gasteiger partial charge in [0, 0.05) is 16.2 Å². The smallest absolute Gasteiger partial charge is 0.251 e. The van der Waals surface area contributed by atoms with E-state index in [0.717, 1.165) is 10.0 Å². The summed E-state index contributed by atoms with van der Waals surface area (Å²) in [6, 6.07) is 0. The molecule has 1 aliphatic carbocycles. The molecule has 13 heavy (non-hydrogen) atoms. The minimum absolute atomic E-state index is 0.0464. The Labute approximate surface area is 85.5 Å². The molecule has 0 amide bonds. The molecule has 2 rings (SSSR count). The summed E-state index contributed by atoms with van der Waals surface area (Å²) in [6.07, 6.45) is 5.50. The number of aromatic nitrogens is 1. The zero-order valence-electron chi connectivity index (χ0n) is 7.56. The van der Waals surface area contributed by atoms with Crippen LogP contribution in [0, 0.1) is 6.92 Å². The maximum Gasteiger partial charge on any atom is 0.251 e. The van der Waals surface area contributed by atoms with Gasteiger partial charge in [0.2, 0.25) is 0 Å². The second-order valence-corrected chi connectivity index (χ2v) is 4.49. The van der Waals surface area contributed by atoms with Crippen molar-refractivity contribution in [2.75, 3.05) is 0 Å². The summed E-state index contributed by atoms with van der Waals surface area (Å²) in [4.78, 5) is 14.1. The van der Waals surface area contributed by atoms with E-state index < -0.39 is 0 Å². The average Bonchev–Trinajstić information content (AvgIpc) is 2.02. The van der Waals surface area contributed by atoms with E-state index in [-0.39, 0.29) is 5.56 Å². The van der Waals surface area contributed by atoms with Crippen LogP contribution in [0.1, 0.15) is 36.3 Å². The van der Waals surface area contributed by atoms with Gasteiger partial charge in [-0.3, -0.25) is 4.79 Å². The van der Waals surface area contributed by atoms with E-state index in [0.29, 0.717) is 5.92 Å². The van der Waals surface area contributed by atoms with Crippen molar-refractivity contribution in [2.24, 2.45) is 0 Å². The van der Waals surface area contributed by atoms with Crippen LogP contribution in [-0.4, -0.2) is 4.98 Å². The van der Waals surface area contributed by atoms with Gasteiger partial charge in [-0.2, -0.15) is 0 Å². The molecule has 1 aliphatic rings. The number of halogens is 1. The number of rotatable bonds is 1. The van der Waals surface area contributed by atoms with Crippen molar-refractivity contribution >= 4 is 15.9 Å². The standard InChI is InChI=1S/C10H12BrNO/c1-6-9(7-3-2-4-7)8(11)5-12-10(6)13/h5,7H,2-4H2,1H3,(H,12,13). The van der Waals surface area contributed by atoms with Gasteiger partial charge >= 0.3 is 0 Å². The normalized spacial score (nSPS) is 17.1. The molecule has 0 bridgehead atoms. The van der Waals surface area contributed by atoms with Gasteiger partial charge in [0.05, 0.1) is 0 Å². The van der Waals surface area contributed by atoms with Gasteiger partial charge in [0.15, 0.2) is 0 Å². The van der Waals surface area contributed by atoms with Crippen molar-refractivity contribution in [3.05, 3.63) is 32.2 Å². The Morgan fingerprint density at radius 1 is 1.54 bits per heavy atom. The van der Waals surface area contributed by atoms with Gasteiger partial charge in [-0.15, -0.1) is 0 Å². The zero-order valence-corrected chi connectivity index (χ0v) is 9.15. The largest absolute Gasteiger partial charge is 0.328 e. The van der Waals surface area contributed by atoms with Crippen molar-refractivity contribution < 1.29 is 0 Å². The van der Waals surface area contributed by atoms with E-state index in [1.54, 1.807) is 6.20 Å². The number of aromatic amines is 1. The van der Waals surface area contributed by atoms with E-state index in [1.165, 1.54) is 24.8 Å². The van der Waals surface area contributed by atoms with Gasteiger partial charge in [0.1, 0.15) is 0 Å². The monoisotopic (exact) mass is 241 g/mol. The Morgan fingerprint density at radius 3 is 2.77 bits per heavy atom. The van der Waals surface area contributed by atoms with Crippen LogP contribution in [0.5, 0.6) is 0 Å². The van der Waals surface area contributed by atoms with Crippen LogP contribution >= 0.6 is 15.9 Å². The highest BCUT2D eigenvalue weighted by molar-refractivity contribution is 9.10. The van der Waals surface area contributed by atoms with Crippen molar-refractivity contribution in [3.8, 4) is 0 Å². The van der Waals surface area contributed by atoms with E-state index >= 15 is 0 Å². The number of H-pyrrole nitrogens is 1. The van der Waals surface area contributed by atoms with Crippen LogP contribution in [0.15, 0.2) is 15.5 Å². The lowest BCUT2D eigenvalue weighted by molar-refractivity contribution is 0.416. The minimum Gasteiger partial charge on any atom is -0.328 e.